The van der Waals surface area contributed by atoms with Crippen molar-refractivity contribution in [2.45, 2.75) is 53.1 Å². The van der Waals surface area contributed by atoms with Gasteiger partial charge < -0.3 is 5.32 Å². The Morgan fingerprint density at radius 3 is 2.75 bits per heavy atom. The first kappa shape index (κ1) is 15.5. The lowest BCUT2D eigenvalue weighted by atomic mass is 9.97. The van der Waals surface area contributed by atoms with Crippen molar-refractivity contribution in [3.05, 3.63) is 17.5 Å². The number of aromatic nitrogens is 2. The maximum atomic E-state index is 4.57. The zero-order chi connectivity index (χ0) is 14.4. The van der Waals surface area contributed by atoms with E-state index in [-0.39, 0.29) is 0 Å². The van der Waals surface area contributed by atoms with Gasteiger partial charge >= 0.3 is 0 Å². The lowest BCUT2D eigenvalue weighted by Gasteiger charge is -2.30. The van der Waals surface area contributed by atoms with E-state index >= 15 is 0 Å². The third-order valence-corrected chi connectivity index (χ3v) is 4.19. The minimum Gasteiger partial charge on any atom is -0.317 e. The molecule has 0 atom stereocenters. The van der Waals surface area contributed by atoms with Gasteiger partial charge in [-0.15, -0.1) is 0 Å². The topological polar surface area (TPSA) is 33.1 Å². The zero-order valence-electron chi connectivity index (χ0n) is 13.4. The van der Waals surface area contributed by atoms with Gasteiger partial charge in [-0.3, -0.25) is 9.58 Å². The van der Waals surface area contributed by atoms with Gasteiger partial charge in [-0.2, -0.15) is 5.10 Å². The summed E-state index contributed by atoms with van der Waals surface area (Å²) in [5.41, 5.74) is 2.51. The maximum Gasteiger partial charge on any atom is 0.0597 e. The molecule has 0 bridgehead atoms. The summed E-state index contributed by atoms with van der Waals surface area (Å²) < 4.78 is 2.15. The minimum absolute atomic E-state index is 0.863. The van der Waals surface area contributed by atoms with Crippen molar-refractivity contribution in [1.82, 2.24) is 20.0 Å². The summed E-state index contributed by atoms with van der Waals surface area (Å²) in [6, 6.07) is 2.24. The van der Waals surface area contributed by atoms with Crippen LogP contribution in [0.15, 0.2) is 6.07 Å². The SMILES string of the molecule is CCCN(Cc1cc(C)nn1CC)CC1CCNCC1. The zero-order valence-corrected chi connectivity index (χ0v) is 13.4. The number of rotatable bonds is 7. The molecule has 2 rings (SSSR count). The normalized spacial score (nSPS) is 17.0. The summed E-state index contributed by atoms with van der Waals surface area (Å²) in [5.74, 6) is 0.863. The molecule has 0 aliphatic carbocycles. The Morgan fingerprint density at radius 1 is 1.35 bits per heavy atom. The van der Waals surface area contributed by atoms with E-state index in [0.29, 0.717) is 0 Å². The van der Waals surface area contributed by atoms with Crippen LogP contribution in [-0.2, 0) is 13.1 Å². The Hall–Kier alpha value is -0.870. The molecule has 1 fully saturated rings. The van der Waals surface area contributed by atoms with Crippen LogP contribution in [0.5, 0.6) is 0 Å². The van der Waals surface area contributed by atoms with Gasteiger partial charge in [0.25, 0.3) is 0 Å². The first-order chi connectivity index (χ1) is 9.72. The van der Waals surface area contributed by atoms with E-state index in [0.717, 1.165) is 24.7 Å². The summed E-state index contributed by atoms with van der Waals surface area (Å²) >= 11 is 0. The molecule has 2 heterocycles. The van der Waals surface area contributed by atoms with Gasteiger partial charge in [0.2, 0.25) is 0 Å². The highest BCUT2D eigenvalue weighted by Crippen LogP contribution is 2.16. The lowest BCUT2D eigenvalue weighted by molar-refractivity contribution is 0.194. The summed E-state index contributed by atoms with van der Waals surface area (Å²) in [5, 5.41) is 8.03. The van der Waals surface area contributed by atoms with Crippen LogP contribution < -0.4 is 5.32 Å². The van der Waals surface area contributed by atoms with Crippen LogP contribution in [0.2, 0.25) is 0 Å². The van der Waals surface area contributed by atoms with Gasteiger partial charge in [0, 0.05) is 19.6 Å². The van der Waals surface area contributed by atoms with E-state index in [4.69, 9.17) is 0 Å². The second-order valence-corrected chi connectivity index (χ2v) is 6.02. The van der Waals surface area contributed by atoms with Gasteiger partial charge in [0.05, 0.1) is 11.4 Å². The molecule has 1 aliphatic rings. The average Bonchev–Trinajstić information content (AvgIpc) is 2.80. The Balaban J connectivity index is 1.96. The molecular formula is C16H30N4. The highest BCUT2D eigenvalue weighted by molar-refractivity contribution is 5.08. The minimum atomic E-state index is 0.863. The second-order valence-electron chi connectivity index (χ2n) is 6.02. The molecule has 1 aromatic rings. The smallest absolute Gasteiger partial charge is 0.0597 e. The summed E-state index contributed by atoms with van der Waals surface area (Å²) in [7, 11) is 0. The molecule has 1 aromatic heterocycles. The molecular weight excluding hydrogens is 248 g/mol. The quantitative estimate of drug-likeness (QED) is 0.831. The summed E-state index contributed by atoms with van der Waals surface area (Å²) in [6.45, 7) is 13.4. The van der Waals surface area contributed by atoms with Crippen molar-refractivity contribution >= 4 is 0 Å². The molecule has 0 saturated carbocycles. The maximum absolute atomic E-state index is 4.57. The number of hydrogen-bond donors (Lipinski definition) is 1. The van der Waals surface area contributed by atoms with Crippen molar-refractivity contribution in [1.29, 1.82) is 0 Å². The fourth-order valence-corrected chi connectivity index (χ4v) is 3.21. The molecule has 4 nitrogen and oxygen atoms in total. The van der Waals surface area contributed by atoms with Crippen molar-refractivity contribution < 1.29 is 0 Å². The van der Waals surface area contributed by atoms with Gasteiger partial charge in [-0.05, 0) is 64.7 Å². The molecule has 0 radical (unpaired) electrons. The molecule has 4 heteroatoms. The largest absolute Gasteiger partial charge is 0.317 e. The Kier molecular flexibility index (Phi) is 6.05. The molecule has 1 aliphatic heterocycles. The van der Waals surface area contributed by atoms with Crippen molar-refractivity contribution in [2.24, 2.45) is 5.92 Å². The third-order valence-electron chi connectivity index (χ3n) is 4.19. The Bertz CT molecular complexity index is 393. The number of nitrogens with one attached hydrogen (secondary N) is 1. The van der Waals surface area contributed by atoms with Gasteiger partial charge in [-0.25, -0.2) is 0 Å². The molecule has 114 valence electrons. The first-order valence-electron chi connectivity index (χ1n) is 8.19. The molecule has 0 amide bonds. The molecule has 0 spiro atoms. The Morgan fingerprint density at radius 2 is 2.10 bits per heavy atom. The summed E-state index contributed by atoms with van der Waals surface area (Å²) in [6.07, 6.45) is 3.88. The summed E-state index contributed by atoms with van der Waals surface area (Å²) in [4.78, 5) is 2.62. The number of aryl methyl sites for hydroxylation is 2. The fourth-order valence-electron chi connectivity index (χ4n) is 3.21. The second kappa shape index (κ2) is 7.79. The van der Waals surface area contributed by atoms with Crippen LogP contribution in [0.25, 0.3) is 0 Å². The number of piperidine rings is 1. The monoisotopic (exact) mass is 278 g/mol. The van der Waals surface area contributed by atoms with E-state index in [2.05, 4.69) is 46.8 Å². The van der Waals surface area contributed by atoms with Crippen LogP contribution in [-0.4, -0.2) is 40.9 Å². The predicted octanol–water partition coefficient (Wildman–Crippen LogP) is 2.42. The van der Waals surface area contributed by atoms with Crippen LogP contribution in [0, 0.1) is 12.8 Å². The third kappa shape index (κ3) is 4.32. The van der Waals surface area contributed by atoms with E-state index in [1.54, 1.807) is 0 Å². The highest BCUT2D eigenvalue weighted by atomic mass is 15.3. The predicted molar refractivity (Wildman–Crippen MR) is 83.8 cm³/mol. The van der Waals surface area contributed by atoms with E-state index < -0.39 is 0 Å². The van der Waals surface area contributed by atoms with E-state index in [9.17, 15) is 0 Å². The van der Waals surface area contributed by atoms with Gasteiger partial charge in [-0.1, -0.05) is 6.92 Å². The van der Waals surface area contributed by atoms with Crippen molar-refractivity contribution in [3.8, 4) is 0 Å². The number of nitrogens with zero attached hydrogens (tertiary/aromatic N) is 3. The first-order valence-corrected chi connectivity index (χ1v) is 8.19. The van der Waals surface area contributed by atoms with E-state index in [1.807, 2.05) is 0 Å². The molecule has 0 aromatic carbocycles. The molecule has 1 saturated heterocycles. The van der Waals surface area contributed by atoms with Crippen molar-refractivity contribution in [3.63, 3.8) is 0 Å². The fraction of sp³-hybridized carbons (Fsp3) is 0.812. The highest BCUT2D eigenvalue weighted by Gasteiger charge is 2.18. The molecule has 20 heavy (non-hydrogen) atoms. The van der Waals surface area contributed by atoms with E-state index in [1.165, 1.54) is 51.1 Å². The van der Waals surface area contributed by atoms with Crippen LogP contribution >= 0.6 is 0 Å². The van der Waals surface area contributed by atoms with Crippen LogP contribution in [0.1, 0.15) is 44.5 Å². The van der Waals surface area contributed by atoms with Crippen LogP contribution in [0.4, 0.5) is 0 Å². The van der Waals surface area contributed by atoms with Crippen LogP contribution in [0.3, 0.4) is 0 Å². The average molecular weight is 278 g/mol. The van der Waals surface area contributed by atoms with Gasteiger partial charge in [0.1, 0.15) is 0 Å². The lowest BCUT2D eigenvalue weighted by Crippen LogP contribution is -2.36. The Labute approximate surface area is 123 Å². The molecule has 1 N–H and O–H groups in total. The van der Waals surface area contributed by atoms with Gasteiger partial charge in [0.15, 0.2) is 0 Å². The van der Waals surface area contributed by atoms with Crippen molar-refractivity contribution in [2.75, 3.05) is 26.2 Å². The molecule has 0 unspecified atom stereocenters. The number of hydrogen-bond acceptors (Lipinski definition) is 3. The standard InChI is InChI=1S/C16H30N4/c1-4-10-19(12-15-6-8-17-9-7-15)13-16-11-14(3)18-20(16)5-2/h11,15,17H,4-10,12-13H2,1-3H3.